The second kappa shape index (κ2) is 12.6. The van der Waals surface area contributed by atoms with E-state index in [0.29, 0.717) is 0 Å². The molecule has 0 amide bonds. The Hall–Kier alpha value is -3.82. The van der Waals surface area contributed by atoms with Gasteiger partial charge in [0.1, 0.15) is 0 Å². The molecule has 0 bridgehead atoms. The number of anilines is 2. The van der Waals surface area contributed by atoms with Gasteiger partial charge in [-0.05, 0) is 84.0 Å². The molecule has 1 unspecified atom stereocenters. The summed E-state index contributed by atoms with van der Waals surface area (Å²) in [6.07, 6.45) is 8.97. The third-order valence-electron chi connectivity index (χ3n) is 9.07. The van der Waals surface area contributed by atoms with Crippen LogP contribution < -0.4 is 10.4 Å². The summed E-state index contributed by atoms with van der Waals surface area (Å²) in [6.45, 7) is 13.2. The van der Waals surface area contributed by atoms with Crippen molar-refractivity contribution in [3.8, 4) is 11.1 Å². The lowest BCUT2D eigenvalue weighted by atomic mass is 9.54. The second-order valence-electron chi connectivity index (χ2n) is 12.3. The van der Waals surface area contributed by atoms with Crippen LogP contribution in [0.3, 0.4) is 0 Å². The van der Waals surface area contributed by atoms with Gasteiger partial charge in [0, 0.05) is 11.4 Å². The van der Waals surface area contributed by atoms with Gasteiger partial charge < -0.3 is 9.55 Å². The third-order valence-corrected chi connectivity index (χ3v) is 9.07. The van der Waals surface area contributed by atoms with Crippen molar-refractivity contribution in [3.05, 3.63) is 133 Å². The standard InChI is InChI=1S/C37H38BNO.C2H6/c1-36(2)27-38(40-37(36,3)4)32-19-25-35(26-20-32)39(33-21-15-30(16-22-33)28-11-7-5-8-12-28)34-23-17-31(18-24-34)29-13-9-6-10-14-29;1-2/h5-23,25-26,34H,24,27H2,1-4H3;1-2H3. The molecule has 2 aliphatic rings. The summed E-state index contributed by atoms with van der Waals surface area (Å²) in [6, 6.07) is 39.5. The van der Waals surface area contributed by atoms with Crippen molar-refractivity contribution >= 4 is 29.3 Å². The smallest absolute Gasteiger partial charge is 0.327 e. The fourth-order valence-corrected chi connectivity index (χ4v) is 5.92. The minimum atomic E-state index is -0.140. The van der Waals surface area contributed by atoms with E-state index in [2.05, 4.69) is 160 Å². The summed E-state index contributed by atoms with van der Waals surface area (Å²) in [7, 11) is 0. The average molecular weight is 554 g/mol. The van der Waals surface area contributed by atoms with Crippen molar-refractivity contribution in [2.45, 2.75) is 65.9 Å². The van der Waals surface area contributed by atoms with Gasteiger partial charge in [-0.25, -0.2) is 0 Å². The van der Waals surface area contributed by atoms with E-state index in [1.807, 2.05) is 13.8 Å². The van der Waals surface area contributed by atoms with Crippen LogP contribution in [-0.4, -0.2) is 18.6 Å². The summed E-state index contributed by atoms with van der Waals surface area (Å²) in [5, 5.41) is 0. The number of nitrogens with zero attached hydrogens (tertiary/aromatic N) is 1. The molecule has 42 heavy (non-hydrogen) atoms. The van der Waals surface area contributed by atoms with Gasteiger partial charge in [0.25, 0.3) is 0 Å². The van der Waals surface area contributed by atoms with Crippen molar-refractivity contribution in [3.63, 3.8) is 0 Å². The quantitative estimate of drug-likeness (QED) is 0.220. The molecular weight excluding hydrogens is 509 g/mol. The molecular formula is C39H44BNO. The van der Waals surface area contributed by atoms with Crippen molar-refractivity contribution in [1.29, 1.82) is 0 Å². The van der Waals surface area contributed by atoms with Gasteiger partial charge in [0.2, 0.25) is 0 Å². The number of benzene rings is 4. The Morgan fingerprint density at radius 1 is 0.667 bits per heavy atom. The van der Waals surface area contributed by atoms with Crippen molar-refractivity contribution in [2.24, 2.45) is 5.41 Å². The van der Waals surface area contributed by atoms with Crippen LogP contribution in [0.2, 0.25) is 6.32 Å². The molecule has 2 nitrogen and oxygen atoms in total. The highest BCUT2D eigenvalue weighted by atomic mass is 16.5. The Morgan fingerprint density at radius 3 is 1.69 bits per heavy atom. The Labute approximate surface area is 253 Å². The summed E-state index contributed by atoms with van der Waals surface area (Å²) in [5.74, 6) is 0. The van der Waals surface area contributed by atoms with Crippen LogP contribution in [0.15, 0.2) is 127 Å². The first-order chi connectivity index (χ1) is 20.3. The minimum absolute atomic E-state index is 0.128. The first-order valence-electron chi connectivity index (χ1n) is 15.5. The highest BCUT2D eigenvalue weighted by Crippen LogP contribution is 2.45. The lowest BCUT2D eigenvalue weighted by molar-refractivity contribution is 0.0375. The topological polar surface area (TPSA) is 12.5 Å². The first kappa shape index (κ1) is 29.7. The summed E-state index contributed by atoms with van der Waals surface area (Å²) in [4.78, 5) is 2.47. The molecule has 3 heteroatoms. The molecule has 6 rings (SSSR count). The average Bonchev–Trinajstić information content (AvgIpc) is 3.26. The lowest BCUT2D eigenvalue weighted by Crippen LogP contribution is -2.36. The molecule has 0 radical (unpaired) electrons. The van der Waals surface area contributed by atoms with Gasteiger partial charge in [-0.1, -0.05) is 131 Å². The predicted octanol–water partition coefficient (Wildman–Crippen LogP) is 9.96. The maximum absolute atomic E-state index is 6.53. The van der Waals surface area contributed by atoms with Crippen LogP contribution in [0.5, 0.6) is 0 Å². The molecule has 1 atom stereocenters. The van der Waals surface area contributed by atoms with Crippen LogP contribution in [0.25, 0.3) is 16.7 Å². The molecule has 4 aromatic carbocycles. The first-order valence-corrected chi connectivity index (χ1v) is 15.5. The van der Waals surface area contributed by atoms with Crippen LogP contribution in [-0.2, 0) is 4.65 Å². The number of rotatable bonds is 6. The molecule has 1 aliphatic heterocycles. The van der Waals surface area contributed by atoms with E-state index in [-0.39, 0.29) is 24.0 Å². The number of hydrogen-bond acceptors (Lipinski definition) is 2. The fourth-order valence-electron chi connectivity index (χ4n) is 5.92. The monoisotopic (exact) mass is 553 g/mol. The molecule has 214 valence electrons. The molecule has 4 aromatic rings. The van der Waals surface area contributed by atoms with E-state index in [4.69, 9.17) is 4.65 Å². The molecule has 1 heterocycles. The van der Waals surface area contributed by atoms with E-state index in [1.165, 1.54) is 39.1 Å². The predicted molar refractivity (Wildman–Crippen MR) is 183 cm³/mol. The molecule has 0 saturated carbocycles. The summed E-state index contributed by atoms with van der Waals surface area (Å²) < 4.78 is 6.53. The van der Waals surface area contributed by atoms with Gasteiger partial charge in [-0.3, -0.25) is 0 Å². The zero-order valence-corrected chi connectivity index (χ0v) is 26.0. The van der Waals surface area contributed by atoms with Crippen molar-refractivity contribution < 1.29 is 4.65 Å². The van der Waals surface area contributed by atoms with E-state index in [9.17, 15) is 0 Å². The van der Waals surface area contributed by atoms with Gasteiger partial charge in [-0.15, -0.1) is 0 Å². The van der Waals surface area contributed by atoms with E-state index in [1.54, 1.807) is 0 Å². The number of allylic oxidation sites excluding steroid dienone is 2. The molecule has 0 spiro atoms. The molecule has 0 N–H and O–H groups in total. The highest BCUT2D eigenvalue weighted by molar-refractivity contribution is 6.68. The maximum Gasteiger partial charge on any atom is 0.327 e. The fraction of sp³-hybridized carbons (Fsp3) is 0.282. The zero-order chi connectivity index (χ0) is 29.7. The Balaban J connectivity index is 0.00000173. The van der Waals surface area contributed by atoms with E-state index in [0.717, 1.165) is 12.7 Å². The molecule has 1 saturated heterocycles. The normalized spacial score (nSPS) is 18.6. The van der Waals surface area contributed by atoms with Crippen LogP contribution in [0, 0.1) is 5.41 Å². The Morgan fingerprint density at radius 2 is 1.19 bits per heavy atom. The molecule has 1 aliphatic carbocycles. The SMILES string of the molecule is CC.CC1(C)CB(c2ccc(N(c3ccc(-c4ccccc4)cc3)C3C=CC(c4ccccc4)=CC3)cc2)OC1(C)C. The van der Waals surface area contributed by atoms with E-state index < -0.39 is 0 Å². The van der Waals surface area contributed by atoms with E-state index >= 15 is 0 Å². The molecule has 0 aromatic heterocycles. The van der Waals surface area contributed by atoms with Crippen molar-refractivity contribution in [1.82, 2.24) is 0 Å². The Bertz CT molecular complexity index is 1490. The van der Waals surface area contributed by atoms with Gasteiger partial charge >= 0.3 is 6.92 Å². The highest BCUT2D eigenvalue weighted by Gasteiger charge is 2.49. The third kappa shape index (κ3) is 6.17. The Kier molecular flexibility index (Phi) is 8.89. The van der Waals surface area contributed by atoms with Crippen LogP contribution in [0.1, 0.15) is 53.5 Å². The zero-order valence-electron chi connectivity index (χ0n) is 26.0. The summed E-state index contributed by atoms with van der Waals surface area (Å²) >= 11 is 0. The molecule has 1 fully saturated rings. The minimum Gasteiger partial charge on any atom is -0.426 e. The van der Waals surface area contributed by atoms with Gasteiger partial charge in [-0.2, -0.15) is 0 Å². The second-order valence-corrected chi connectivity index (χ2v) is 12.3. The van der Waals surface area contributed by atoms with Crippen LogP contribution in [0.4, 0.5) is 11.4 Å². The number of hydrogen-bond donors (Lipinski definition) is 0. The maximum atomic E-state index is 6.53. The van der Waals surface area contributed by atoms with Crippen molar-refractivity contribution in [2.75, 3.05) is 4.90 Å². The van der Waals surface area contributed by atoms with Gasteiger partial charge in [0.15, 0.2) is 0 Å². The lowest BCUT2D eigenvalue weighted by Gasteiger charge is -2.34. The van der Waals surface area contributed by atoms with Crippen LogP contribution >= 0.6 is 0 Å². The largest absolute Gasteiger partial charge is 0.426 e. The van der Waals surface area contributed by atoms with Gasteiger partial charge in [0.05, 0.1) is 11.6 Å². The summed E-state index contributed by atoms with van der Waals surface area (Å²) in [5.41, 5.74) is 8.66.